The maximum absolute atomic E-state index is 5.73. The molecule has 0 aromatic rings. The van der Waals surface area contributed by atoms with Gasteiger partial charge in [0, 0.05) is 6.54 Å². The van der Waals surface area contributed by atoms with Crippen molar-refractivity contribution in [2.75, 3.05) is 13.2 Å². The van der Waals surface area contributed by atoms with Crippen molar-refractivity contribution in [2.24, 2.45) is 11.7 Å². The molecule has 0 amide bonds. The lowest BCUT2D eigenvalue weighted by Gasteiger charge is -2.26. The Balaban J connectivity index is 2.17. The standard InChI is InChI=1S/C11H21NO/c1-9-4-3-5-11(6-9)13-8-10(2)7-12/h9,11H,2-8,12H2,1H3. The van der Waals surface area contributed by atoms with Gasteiger partial charge < -0.3 is 10.5 Å². The molecule has 76 valence electrons. The molecule has 0 aromatic heterocycles. The maximum Gasteiger partial charge on any atom is 0.0690 e. The molecule has 0 aromatic carbocycles. The molecule has 2 atom stereocenters. The Hall–Kier alpha value is -0.340. The van der Waals surface area contributed by atoms with Gasteiger partial charge >= 0.3 is 0 Å². The second-order valence-electron chi connectivity index (χ2n) is 4.16. The molecular formula is C11H21NO. The van der Waals surface area contributed by atoms with Gasteiger partial charge in [0.05, 0.1) is 12.7 Å². The Bertz CT molecular complexity index is 167. The molecule has 0 saturated heterocycles. The summed E-state index contributed by atoms with van der Waals surface area (Å²) in [5.74, 6) is 0.824. The van der Waals surface area contributed by atoms with Crippen LogP contribution in [0.2, 0.25) is 0 Å². The zero-order valence-electron chi connectivity index (χ0n) is 8.59. The van der Waals surface area contributed by atoms with Crippen molar-refractivity contribution in [3.63, 3.8) is 0 Å². The SMILES string of the molecule is C=C(CN)COC1CCCC(C)C1. The van der Waals surface area contributed by atoms with E-state index in [2.05, 4.69) is 13.5 Å². The summed E-state index contributed by atoms with van der Waals surface area (Å²) in [6, 6.07) is 0. The molecule has 0 aliphatic heterocycles. The van der Waals surface area contributed by atoms with Crippen molar-refractivity contribution in [3.05, 3.63) is 12.2 Å². The Kier molecular flexibility index (Phi) is 4.46. The fraction of sp³-hybridized carbons (Fsp3) is 0.818. The van der Waals surface area contributed by atoms with E-state index < -0.39 is 0 Å². The van der Waals surface area contributed by atoms with Crippen LogP contribution in [-0.4, -0.2) is 19.3 Å². The highest BCUT2D eigenvalue weighted by Crippen LogP contribution is 2.25. The number of nitrogens with two attached hydrogens (primary N) is 1. The zero-order valence-corrected chi connectivity index (χ0v) is 8.59. The molecule has 0 radical (unpaired) electrons. The first-order chi connectivity index (χ1) is 6.22. The molecule has 1 rings (SSSR count). The number of hydrogen-bond donors (Lipinski definition) is 1. The first-order valence-electron chi connectivity index (χ1n) is 5.20. The van der Waals surface area contributed by atoms with Crippen LogP contribution in [0, 0.1) is 5.92 Å². The molecule has 13 heavy (non-hydrogen) atoms. The van der Waals surface area contributed by atoms with Gasteiger partial charge in [0.15, 0.2) is 0 Å². The zero-order chi connectivity index (χ0) is 9.68. The lowest BCUT2D eigenvalue weighted by Crippen LogP contribution is -2.23. The van der Waals surface area contributed by atoms with E-state index in [0.29, 0.717) is 19.3 Å². The number of rotatable bonds is 4. The summed E-state index contributed by atoms with van der Waals surface area (Å²) in [5.41, 5.74) is 6.43. The molecule has 1 saturated carbocycles. The lowest BCUT2D eigenvalue weighted by molar-refractivity contribution is 0.0284. The van der Waals surface area contributed by atoms with Crippen LogP contribution in [0.1, 0.15) is 32.6 Å². The maximum atomic E-state index is 5.73. The van der Waals surface area contributed by atoms with Gasteiger partial charge in [-0.25, -0.2) is 0 Å². The molecule has 2 nitrogen and oxygen atoms in total. The van der Waals surface area contributed by atoms with Gasteiger partial charge in [0.2, 0.25) is 0 Å². The summed E-state index contributed by atoms with van der Waals surface area (Å²) in [7, 11) is 0. The Labute approximate surface area is 81.1 Å². The van der Waals surface area contributed by atoms with Crippen molar-refractivity contribution >= 4 is 0 Å². The average Bonchev–Trinajstić information content (AvgIpc) is 2.14. The third-order valence-corrected chi connectivity index (χ3v) is 2.70. The average molecular weight is 183 g/mol. The van der Waals surface area contributed by atoms with Crippen LogP contribution in [0.25, 0.3) is 0 Å². The fourth-order valence-electron chi connectivity index (χ4n) is 1.82. The van der Waals surface area contributed by atoms with Crippen molar-refractivity contribution < 1.29 is 4.74 Å². The van der Waals surface area contributed by atoms with E-state index in [4.69, 9.17) is 10.5 Å². The van der Waals surface area contributed by atoms with Gasteiger partial charge in [-0.05, 0) is 24.3 Å². The van der Waals surface area contributed by atoms with E-state index in [1.165, 1.54) is 25.7 Å². The number of ether oxygens (including phenoxy) is 1. The first-order valence-corrected chi connectivity index (χ1v) is 5.20. The highest BCUT2D eigenvalue weighted by Gasteiger charge is 2.18. The van der Waals surface area contributed by atoms with E-state index in [1.54, 1.807) is 0 Å². The molecule has 2 unspecified atom stereocenters. The van der Waals surface area contributed by atoms with E-state index in [1.807, 2.05) is 0 Å². The van der Waals surface area contributed by atoms with Crippen molar-refractivity contribution in [3.8, 4) is 0 Å². The van der Waals surface area contributed by atoms with Crippen LogP contribution >= 0.6 is 0 Å². The predicted octanol–water partition coefficient (Wildman–Crippen LogP) is 2.10. The monoisotopic (exact) mass is 183 g/mol. The van der Waals surface area contributed by atoms with Gasteiger partial charge in [-0.2, -0.15) is 0 Å². The van der Waals surface area contributed by atoms with Gasteiger partial charge in [-0.1, -0.05) is 26.3 Å². The van der Waals surface area contributed by atoms with Crippen LogP contribution in [-0.2, 0) is 4.74 Å². The minimum atomic E-state index is 0.451. The quantitative estimate of drug-likeness (QED) is 0.677. The smallest absolute Gasteiger partial charge is 0.0690 e. The van der Waals surface area contributed by atoms with Crippen LogP contribution in [0.5, 0.6) is 0 Å². The molecule has 0 heterocycles. The largest absolute Gasteiger partial charge is 0.374 e. The Morgan fingerprint density at radius 1 is 1.54 bits per heavy atom. The summed E-state index contributed by atoms with van der Waals surface area (Å²) >= 11 is 0. The minimum Gasteiger partial charge on any atom is -0.374 e. The fourth-order valence-corrected chi connectivity index (χ4v) is 1.82. The van der Waals surface area contributed by atoms with Crippen LogP contribution in [0.15, 0.2) is 12.2 Å². The third-order valence-electron chi connectivity index (χ3n) is 2.70. The van der Waals surface area contributed by atoms with E-state index >= 15 is 0 Å². The highest BCUT2D eigenvalue weighted by molar-refractivity contribution is 4.95. The number of hydrogen-bond acceptors (Lipinski definition) is 2. The molecule has 2 heteroatoms. The van der Waals surface area contributed by atoms with Crippen LogP contribution in [0.3, 0.4) is 0 Å². The molecule has 2 N–H and O–H groups in total. The topological polar surface area (TPSA) is 35.2 Å². The van der Waals surface area contributed by atoms with Gasteiger partial charge in [-0.15, -0.1) is 0 Å². The van der Waals surface area contributed by atoms with Crippen molar-refractivity contribution in [1.82, 2.24) is 0 Å². The molecule has 1 fully saturated rings. The van der Waals surface area contributed by atoms with E-state index in [-0.39, 0.29) is 0 Å². The van der Waals surface area contributed by atoms with Gasteiger partial charge in [0.25, 0.3) is 0 Å². The summed E-state index contributed by atoms with van der Waals surface area (Å²) in [6.45, 7) is 7.32. The van der Waals surface area contributed by atoms with Gasteiger partial charge in [0.1, 0.15) is 0 Å². The van der Waals surface area contributed by atoms with Gasteiger partial charge in [-0.3, -0.25) is 0 Å². The van der Waals surface area contributed by atoms with Crippen molar-refractivity contribution in [1.29, 1.82) is 0 Å². The molecule has 0 bridgehead atoms. The normalized spacial score (nSPS) is 28.8. The third kappa shape index (κ3) is 3.92. The molecule has 0 spiro atoms. The molecule has 1 aliphatic rings. The second kappa shape index (κ2) is 5.40. The molecule has 1 aliphatic carbocycles. The summed E-state index contributed by atoms with van der Waals surface area (Å²) in [4.78, 5) is 0. The minimum absolute atomic E-state index is 0.451. The highest BCUT2D eigenvalue weighted by atomic mass is 16.5. The molecular weight excluding hydrogens is 162 g/mol. The van der Waals surface area contributed by atoms with Crippen LogP contribution in [0.4, 0.5) is 0 Å². The first kappa shape index (κ1) is 10.7. The summed E-state index contributed by atoms with van der Waals surface area (Å²) in [5, 5.41) is 0. The van der Waals surface area contributed by atoms with Crippen LogP contribution < -0.4 is 5.73 Å². The van der Waals surface area contributed by atoms with Crippen molar-refractivity contribution in [2.45, 2.75) is 38.7 Å². The summed E-state index contributed by atoms with van der Waals surface area (Å²) in [6.07, 6.45) is 5.53. The predicted molar refractivity (Wildman–Crippen MR) is 55.6 cm³/mol. The Morgan fingerprint density at radius 3 is 2.92 bits per heavy atom. The Morgan fingerprint density at radius 2 is 2.31 bits per heavy atom. The second-order valence-corrected chi connectivity index (χ2v) is 4.16. The lowest BCUT2D eigenvalue weighted by atomic mass is 9.89. The van der Waals surface area contributed by atoms with E-state index in [9.17, 15) is 0 Å². The summed E-state index contributed by atoms with van der Waals surface area (Å²) < 4.78 is 5.73. The van der Waals surface area contributed by atoms with E-state index in [0.717, 1.165) is 11.5 Å².